The maximum absolute atomic E-state index is 12.6. The average Bonchev–Trinajstić information content (AvgIpc) is 2.83. The van der Waals surface area contributed by atoms with Crippen LogP contribution in [0.4, 0.5) is 0 Å². The van der Waals surface area contributed by atoms with Crippen LogP contribution in [0.1, 0.15) is 21.5 Å². The zero-order valence-corrected chi connectivity index (χ0v) is 18.3. The van der Waals surface area contributed by atoms with Crippen LogP contribution in [0.15, 0.2) is 66.2 Å². The SMILES string of the molecule is C=CCOc1ccccc1CNC(=NC)NCc1ccc(C(=O)N2CCNC(=O)C2)cc1. The van der Waals surface area contributed by atoms with Crippen LogP contribution in [0.25, 0.3) is 0 Å². The van der Waals surface area contributed by atoms with E-state index in [2.05, 4.69) is 27.5 Å². The molecule has 8 heteroatoms. The number of benzene rings is 2. The number of ether oxygens (including phenoxy) is 1. The highest BCUT2D eigenvalue weighted by Crippen LogP contribution is 2.17. The van der Waals surface area contributed by atoms with Gasteiger partial charge in [0, 0.05) is 44.4 Å². The maximum atomic E-state index is 12.6. The summed E-state index contributed by atoms with van der Waals surface area (Å²) in [4.78, 5) is 29.9. The molecule has 0 bridgehead atoms. The van der Waals surface area contributed by atoms with Gasteiger partial charge in [-0.15, -0.1) is 0 Å². The molecule has 1 saturated heterocycles. The van der Waals surface area contributed by atoms with Crippen LogP contribution < -0.4 is 20.7 Å². The van der Waals surface area contributed by atoms with Gasteiger partial charge in [-0.2, -0.15) is 0 Å². The first kappa shape index (κ1) is 22.9. The summed E-state index contributed by atoms with van der Waals surface area (Å²) >= 11 is 0. The van der Waals surface area contributed by atoms with Crippen molar-refractivity contribution in [2.24, 2.45) is 4.99 Å². The van der Waals surface area contributed by atoms with Crippen LogP contribution in [0.2, 0.25) is 0 Å². The van der Waals surface area contributed by atoms with Crippen molar-refractivity contribution in [3.8, 4) is 5.75 Å². The van der Waals surface area contributed by atoms with Gasteiger partial charge in [-0.25, -0.2) is 0 Å². The number of aliphatic imine (C=N–C) groups is 1. The van der Waals surface area contributed by atoms with E-state index in [0.717, 1.165) is 16.9 Å². The van der Waals surface area contributed by atoms with E-state index in [9.17, 15) is 9.59 Å². The lowest BCUT2D eigenvalue weighted by Gasteiger charge is -2.26. The average molecular weight is 436 g/mol. The number of piperazine rings is 1. The van der Waals surface area contributed by atoms with Gasteiger partial charge < -0.3 is 25.6 Å². The fraction of sp³-hybridized carbons (Fsp3) is 0.292. The smallest absolute Gasteiger partial charge is 0.254 e. The molecule has 0 radical (unpaired) electrons. The lowest BCUT2D eigenvalue weighted by Crippen LogP contribution is -2.49. The molecular weight excluding hydrogens is 406 g/mol. The van der Waals surface area contributed by atoms with Crippen LogP contribution in [-0.2, 0) is 17.9 Å². The Hall–Kier alpha value is -3.81. The molecule has 3 rings (SSSR count). The van der Waals surface area contributed by atoms with Crippen LogP contribution in [0.5, 0.6) is 5.75 Å². The van der Waals surface area contributed by atoms with E-state index >= 15 is 0 Å². The quantitative estimate of drug-likeness (QED) is 0.333. The lowest BCUT2D eigenvalue weighted by atomic mass is 10.1. The normalized spacial score (nSPS) is 13.8. The zero-order valence-electron chi connectivity index (χ0n) is 18.3. The Morgan fingerprint density at radius 1 is 1.19 bits per heavy atom. The summed E-state index contributed by atoms with van der Waals surface area (Å²) in [7, 11) is 1.71. The van der Waals surface area contributed by atoms with E-state index in [1.807, 2.05) is 36.4 Å². The Labute approximate surface area is 188 Å². The minimum atomic E-state index is -0.130. The molecule has 1 heterocycles. The molecule has 2 aromatic rings. The van der Waals surface area contributed by atoms with Crippen molar-refractivity contribution in [1.29, 1.82) is 0 Å². The summed E-state index contributed by atoms with van der Waals surface area (Å²) in [6.45, 7) is 6.36. The van der Waals surface area contributed by atoms with Crippen molar-refractivity contribution in [1.82, 2.24) is 20.9 Å². The van der Waals surface area contributed by atoms with Crippen LogP contribution >= 0.6 is 0 Å². The van der Waals surface area contributed by atoms with E-state index in [1.54, 1.807) is 30.2 Å². The largest absolute Gasteiger partial charge is 0.489 e. The second-order valence-electron chi connectivity index (χ2n) is 7.26. The number of carbonyl (C=O) groups excluding carboxylic acids is 2. The topological polar surface area (TPSA) is 95.1 Å². The number of rotatable bonds is 8. The molecule has 8 nitrogen and oxygen atoms in total. The van der Waals surface area contributed by atoms with E-state index in [-0.39, 0.29) is 18.4 Å². The molecule has 0 atom stereocenters. The molecule has 32 heavy (non-hydrogen) atoms. The van der Waals surface area contributed by atoms with Crippen molar-refractivity contribution in [2.45, 2.75) is 13.1 Å². The summed E-state index contributed by atoms with van der Waals surface area (Å²) in [6.07, 6.45) is 1.72. The first-order valence-corrected chi connectivity index (χ1v) is 10.5. The van der Waals surface area contributed by atoms with Crippen molar-refractivity contribution >= 4 is 17.8 Å². The Balaban J connectivity index is 1.51. The summed E-state index contributed by atoms with van der Waals surface area (Å²) in [6, 6.07) is 15.2. The minimum absolute atomic E-state index is 0.103. The van der Waals surface area contributed by atoms with Crippen LogP contribution in [0, 0.1) is 0 Å². The molecule has 2 aromatic carbocycles. The summed E-state index contributed by atoms with van der Waals surface area (Å²) in [5, 5.41) is 9.28. The predicted molar refractivity (Wildman–Crippen MR) is 125 cm³/mol. The molecule has 2 amide bonds. The number of amides is 2. The second kappa shape index (κ2) is 11.5. The Kier molecular flexibility index (Phi) is 8.25. The number of hydrogen-bond donors (Lipinski definition) is 3. The van der Waals surface area contributed by atoms with Gasteiger partial charge in [0.25, 0.3) is 5.91 Å². The van der Waals surface area contributed by atoms with Crippen molar-refractivity contribution in [2.75, 3.05) is 33.3 Å². The van der Waals surface area contributed by atoms with Gasteiger partial charge in [0.05, 0.1) is 6.54 Å². The molecule has 0 unspecified atom stereocenters. The Morgan fingerprint density at radius 3 is 2.66 bits per heavy atom. The van der Waals surface area contributed by atoms with Gasteiger partial charge in [0.15, 0.2) is 5.96 Å². The first-order valence-electron chi connectivity index (χ1n) is 10.5. The van der Waals surface area contributed by atoms with E-state index in [4.69, 9.17) is 4.74 Å². The second-order valence-corrected chi connectivity index (χ2v) is 7.26. The first-order chi connectivity index (χ1) is 15.6. The minimum Gasteiger partial charge on any atom is -0.489 e. The van der Waals surface area contributed by atoms with Gasteiger partial charge in [-0.1, -0.05) is 43.0 Å². The molecule has 1 aliphatic rings. The number of nitrogens with one attached hydrogen (secondary N) is 3. The number of nitrogens with zero attached hydrogens (tertiary/aromatic N) is 2. The molecule has 0 saturated carbocycles. The van der Waals surface area contributed by atoms with Crippen LogP contribution in [-0.4, -0.2) is 56.0 Å². The third-order valence-electron chi connectivity index (χ3n) is 4.99. The van der Waals surface area contributed by atoms with Crippen molar-refractivity contribution in [3.05, 3.63) is 77.9 Å². The Morgan fingerprint density at radius 2 is 1.94 bits per heavy atom. The highest BCUT2D eigenvalue weighted by molar-refractivity contribution is 5.97. The maximum Gasteiger partial charge on any atom is 0.254 e. The number of hydrogen-bond acceptors (Lipinski definition) is 4. The summed E-state index contributed by atoms with van der Waals surface area (Å²) in [5.41, 5.74) is 2.60. The standard InChI is InChI=1S/C24H29N5O3/c1-3-14-32-21-7-5-4-6-20(21)16-28-24(25-2)27-15-18-8-10-19(11-9-18)23(31)29-13-12-26-22(30)17-29/h3-11H,1,12-17H2,2H3,(H,26,30)(H2,25,27,28). The molecule has 0 aliphatic carbocycles. The highest BCUT2D eigenvalue weighted by Gasteiger charge is 2.22. The summed E-state index contributed by atoms with van der Waals surface area (Å²) < 4.78 is 5.69. The van der Waals surface area contributed by atoms with Gasteiger partial charge in [0.2, 0.25) is 5.91 Å². The van der Waals surface area contributed by atoms with Crippen LogP contribution in [0.3, 0.4) is 0 Å². The number of guanidine groups is 1. The third kappa shape index (κ3) is 6.34. The third-order valence-corrected chi connectivity index (χ3v) is 4.99. The van der Waals surface area contributed by atoms with Gasteiger partial charge in [0.1, 0.15) is 12.4 Å². The highest BCUT2D eigenvalue weighted by atomic mass is 16.5. The van der Waals surface area contributed by atoms with E-state index < -0.39 is 0 Å². The number of para-hydroxylation sites is 1. The molecule has 1 aliphatic heterocycles. The van der Waals surface area contributed by atoms with E-state index in [0.29, 0.717) is 44.3 Å². The van der Waals surface area contributed by atoms with Gasteiger partial charge in [-0.3, -0.25) is 14.6 Å². The van der Waals surface area contributed by atoms with Gasteiger partial charge in [-0.05, 0) is 23.8 Å². The summed E-state index contributed by atoms with van der Waals surface area (Å²) in [5.74, 6) is 1.21. The van der Waals surface area contributed by atoms with Crippen molar-refractivity contribution in [3.63, 3.8) is 0 Å². The fourth-order valence-electron chi connectivity index (χ4n) is 3.28. The zero-order chi connectivity index (χ0) is 22.8. The lowest BCUT2D eigenvalue weighted by molar-refractivity contribution is -0.123. The van der Waals surface area contributed by atoms with Gasteiger partial charge >= 0.3 is 0 Å². The molecule has 1 fully saturated rings. The Bertz CT molecular complexity index is 972. The predicted octanol–water partition coefficient (Wildman–Crippen LogP) is 1.69. The molecule has 0 spiro atoms. The monoisotopic (exact) mass is 435 g/mol. The van der Waals surface area contributed by atoms with E-state index in [1.165, 1.54) is 0 Å². The van der Waals surface area contributed by atoms with Crippen molar-refractivity contribution < 1.29 is 14.3 Å². The molecule has 3 N–H and O–H groups in total. The number of carbonyl (C=O) groups is 2. The molecule has 168 valence electrons. The molecule has 0 aromatic heterocycles. The fourth-order valence-corrected chi connectivity index (χ4v) is 3.28. The molecular formula is C24H29N5O3.